The van der Waals surface area contributed by atoms with Gasteiger partial charge in [-0.25, -0.2) is 0 Å². The lowest BCUT2D eigenvalue weighted by molar-refractivity contribution is -0.118. The Bertz CT molecular complexity index is 883. The second-order valence-corrected chi connectivity index (χ2v) is 7.80. The molecule has 0 aliphatic carbocycles. The number of hydrogen-bond acceptors (Lipinski definition) is 5. The van der Waals surface area contributed by atoms with Crippen LogP contribution in [0.15, 0.2) is 41.5 Å². The number of aliphatic imine (C=N–C) groups is 1. The maximum absolute atomic E-state index is 12.6. The van der Waals surface area contributed by atoms with Crippen molar-refractivity contribution in [2.45, 2.75) is 39.2 Å². The van der Waals surface area contributed by atoms with Crippen molar-refractivity contribution in [3.8, 4) is 0 Å². The van der Waals surface area contributed by atoms with Crippen molar-refractivity contribution >= 4 is 11.6 Å². The van der Waals surface area contributed by atoms with E-state index in [-0.39, 0.29) is 11.7 Å². The molecule has 2 aromatic rings. The Morgan fingerprint density at radius 3 is 2.71 bits per heavy atom. The molecule has 5 heteroatoms. The van der Waals surface area contributed by atoms with Gasteiger partial charge in [-0.05, 0) is 30.0 Å². The fourth-order valence-electron chi connectivity index (χ4n) is 3.89. The smallest absolute Gasteiger partial charge is 0.139 e. The molecule has 1 fully saturated rings. The van der Waals surface area contributed by atoms with E-state index in [0.717, 1.165) is 43.4 Å². The molecular weight excluding hydrogens is 350 g/mol. The largest absolute Gasteiger partial charge is 0.378 e. The molecule has 28 heavy (non-hydrogen) atoms. The van der Waals surface area contributed by atoms with Crippen LogP contribution in [0.25, 0.3) is 0 Å². The van der Waals surface area contributed by atoms with Crippen LogP contribution in [0.1, 0.15) is 47.2 Å². The molecule has 146 valence electrons. The lowest BCUT2D eigenvalue weighted by Gasteiger charge is -2.28. The summed E-state index contributed by atoms with van der Waals surface area (Å²) in [6, 6.07) is 10.5. The number of carbonyl (C=O) groups is 1. The number of fused-ring (bicyclic) bond motifs is 1. The fraction of sp³-hybridized carbons (Fsp3) is 0.435. The van der Waals surface area contributed by atoms with Crippen LogP contribution >= 0.6 is 0 Å². The molecule has 1 atom stereocenters. The summed E-state index contributed by atoms with van der Waals surface area (Å²) >= 11 is 0. The zero-order valence-electron chi connectivity index (χ0n) is 16.6. The molecular formula is C23H27N3O2. The standard InChI is InChI=1S/C23H27N3O2/c1-16-3-5-18(6-4-16)17(2)11-21(27)13-20-12-19-14-25-23(22(19)15-24-20)26-7-9-28-10-8-26/h3-6,12,15,17H,7-11,13-14H2,1-2H3/t17-/m0/s1. The molecule has 1 aromatic heterocycles. The summed E-state index contributed by atoms with van der Waals surface area (Å²) in [7, 11) is 0. The van der Waals surface area contributed by atoms with Gasteiger partial charge in [0.1, 0.15) is 11.6 Å². The van der Waals surface area contributed by atoms with E-state index < -0.39 is 0 Å². The molecule has 0 unspecified atom stereocenters. The number of rotatable bonds is 5. The number of morpholine rings is 1. The van der Waals surface area contributed by atoms with E-state index in [0.29, 0.717) is 19.4 Å². The SMILES string of the molecule is Cc1ccc([C@@H](C)CC(=O)Cc2cc3c(cn2)C(N2CCOCC2)=NC3)cc1. The number of hydrogen-bond donors (Lipinski definition) is 0. The molecule has 0 saturated carbocycles. The maximum atomic E-state index is 12.6. The predicted octanol–water partition coefficient (Wildman–Crippen LogP) is 3.29. The third-order valence-electron chi connectivity index (χ3n) is 5.56. The van der Waals surface area contributed by atoms with E-state index in [2.05, 4.69) is 54.1 Å². The molecule has 0 amide bonds. The topological polar surface area (TPSA) is 54.8 Å². The molecule has 2 aliphatic heterocycles. The molecule has 3 heterocycles. The van der Waals surface area contributed by atoms with Crippen LogP contribution < -0.4 is 0 Å². The van der Waals surface area contributed by atoms with Crippen molar-refractivity contribution in [3.05, 3.63) is 64.5 Å². The number of aromatic nitrogens is 1. The normalized spacial score (nSPS) is 17.2. The minimum atomic E-state index is 0.221. The lowest BCUT2D eigenvalue weighted by Crippen LogP contribution is -2.40. The maximum Gasteiger partial charge on any atom is 0.139 e. The van der Waals surface area contributed by atoms with Gasteiger partial charge in [-0.3, -0.25) is 14.8 Å². The summed E-state index contributed by atoms with van der Waals surface area (Å²) < 4.78 is 5.43. The molecule has 0 radical (unpaired) electrons. The van der Waals surface area contributed by atoms with Crippen molar-refractivity contribution in [1.82, 2.24) is 9.88 Å². The quantitative estimate of drug-likeness (QED) is 0.802. The average molecular weight is 377 g/mol. The lowest BCUT2D eigenvalue weighted by atomic mass is 9.93. The summed E-state index contributed by atoms with van der Waals surface area (Å²) in [4.78, 5) is 24.1. The zero-order chi connectivity index (χ0) is 19.5. The number of amidine groups is 1. The van der Waals surface area contributed by atoms with Gasteiger partial charge in [0.05, 0.1) is 19.8 Å². The van der Waals surface area contributed by atoms with Crippen LogP contribution in [-0.2, 0) is 22.5 Å². The second kappa shape index (κ2) is 8.23. The molecule has 0 bridgehead atoms. The van der Waals surface area contributed by atoms with Gasteiger partial charge in [0, 0.05) is 43.4 Å². The van der Waals surface area contributed by atoms with Gasteiger partial charge >= 0.3 is 0 Å². The molecule has 1 aromatic carbocycles. The first-order chi connectivity index (χ1) is 13.6. The van der Waals surface area contributed by atoms with Crippen molar-refractivity contribution in [2.75, 3.05) is 26.3 Å². The van der Waals surface area contributed by atoms with Gasteiger partial charge in [-0.1, -0.05) is 36.8 Å². The molecule has 5 nitrogen and oxygen atoms in total. The number of ketones is 1. The van der Waals surface area contributed by atoms with Crippen LogP contribution in [0.4, 0.5) is 0 Å². The van der Waals surface area contributed by atoms with Gasteiger partial charge in [-0.2, -0.15) is 0 Å². The molecule has 0 spiro atoms. The summed E-state index contributed by atoms with van der Waals surface area (Å²) in [5.74, 6) is 1.48. The van der Waals surface area contributed by atoms with Gasteiger partial charge < -0.3 is 9.64 Å². The van der Waals surface area contributed by atoms with Gasteiger partial charge in [0.15, 0.2) is 0 Å². The summed E-state index contributed by atoms with van der Waals surface area (Å²) in [5.41, 5.74) is 5.57. The van der Waals surface area contributed by atoms with E-state index in [1.807, 2.05) is 6.20 Å². The van der Waals surface area contributed by atoms with Gasteiger partial charge in [0.25, 0.3) is 0 Å². The van der Waals surface area contributed by atoms with Crippen molar-refractivity contribution in [1.29, 1.82) is 0 Å². The number of aryl methyl sites for hydroxylation is 1. The molecule has 0 N–H and O–H groups in total. The highest BCUT2D eigenvalue weighted by atomic mass is 16.5. The van der Waals surface area contributed by atoms with Crippen LogP contribution in [0.3, 0.4) is 0 Å². The minimum Gasteiger partial charge on any atom is -0.378 e. The highest BCUT2D eigenvalue weighted by Gasteiger charge is 2.24. The summed E-state index contributed by atoms with van der Waals surface area (Å²) in [5, 5.41) is 0. The highest BCUT2D eigenvalue weighted by molar-refractivity contribution is 6.01. The number of Topliss-reactive ketones (excluding diaryl/α,β-unsaturated/α-hetero) is 1. The Hall–Kier alpha value is -2.53. The van der Waals surface area contributed by atoms with Crippen LogP contribution in [0.2, 0.25) is 0 Å². The van der Waals surface area contributed by atoms with Gasteiger partial charge in [0.2, 0.25) is 0 Å². The second-order valence-electron chi connectivity index (χ2n) is 7.80. The Kier molecular flexibility index (Phi) is 5.53. The zero-order valence-corrected chi connectivity index (χ0v) is 16.6. The van der Waals surface area contributed by atoms with E-state index in [4.69, 9.17) is 9.73 Å². The number of benzene rings is 1. The number of nitrogens with zero attached hydrogens (tertiary/aromatic N) is 3. The summed E-state index contributed by atoms with van der Waals surface area (Å²) in [6.07, 6.45) is 2.82. The van der Waals surface area contributed by atoms with E-state index in [1.54, 1.807) is 0 Å². The minimum absolute atomic E-state index is 0.221. The van der Waals surface area contributed by atoms with E-state index in [9.17, 15) is 4.79 Å². The Balaban J connectivity index is 1.38. The van der Waals surface area contributed by atoms with Gasteiger partial charge in [-0.15, -0.1) is 0 Å². The Labute approximate surface area is 166 Å². The first-order valence-electron chi connectivity index (χ1n) is 10.0. The monoisotopic (exact) mass is 377 g/mol. The van der Waals surface area contributed by atoms with Crippen LogP contribution in [-0.4, -0.2) is 47.8 Å². The molecule has 4 rings (SSSR count). The number of pyridine rings is 1. The van der Waals surface area contributed by atoms with Crippen molar-refractivity contribution in [2.24, 2.45) is 4.99 Å². The first-order valence-corrected chi connectivity index (χ1v) is 10.0. The highest BCUT2D eigenvalue weighted by Crippen LogP contribution is 2.23. The number of carbonyl (C=O) groups excluding carboxylic acids is 1. The Morgan fingerprint density at radius 1 is 1.21 bits per heavy atom. The van der Waals surface area contributed by atoms with E-state index >= 15 is 0 Å². The average Bonchev–Trinajstić information content (AvgIpc) is 3.12. The fourth-order valence-corrected chi connectivity index (χ4v) is 3.89. The summed E-state index contributed by atoms with van der Waals surface area (Å²) in [6.45, 7) is 8.09. The predicted molar refractivity (Wildman–Crippen MR) is 110 cm³/mol. The third kappa shape index (κ3) is 4.14. The molecule has 1 saturated heterocycles. The van der Waals surface area contributed by atoms with E-state index in [1.165, 1.54) is 16.7 Å². The first kappa shape index (κ1) is 18.8. The number of ether oxygens (including phenoxy) is 1. The van der Waals surface area contributed by atoms with Crippen LogP contribution in [0.5, 0.6) is 0 Å². The van der Waals surface area contributed by atoms with Crippen molar-refractivity contribution in [3.63, 3.8) is 0 Å². The molecule has 2 aliphatic rings. The van der Waals surface area contributed by atoms with Crippen molar-refractivity contribution < 1.29 is 9.53 Å². The third-order valence-corrected chi connectivity index (χ3v) is 5.56. The van der Waals surface area contributed by atoms with Crippen LogP contribution in [0, 0.1) is 6.92 Å². The Morgan fingerprint density at radius 2 is 1.96 bits per heavy atom.